The molecule has 1 aliphatic heterocycles. The van der Waals surface area contributed by atoms with Gasteiger partial charge in [0.2, 0.25) is 11.8 Å². The average Bonchev–Trinajstić information content (AvgIpc) is 3.23. The molecule has 8 atom stereocenters. The number of aliphatic hydroxyl groups is 5. The van der Waals surface area contributed by atoms with E-state index in [0.29, 0.717) is 12.8 Å². The molecular formula is C50H98N2O9. The Morgan fingerprint density at radius 3 is 1.43 bits per heavy atom. The molecule has 1 rings (SSSR count). The smallest absolute Gasteiger partial charge is 0.220 e. The maximum atomic E-state index is 13.2. The molecule has 11 heteroatoms. The maximum Gasteiger partial charge on any atom is 0.220 e. The van der Waals surface area contributed by atoms with Crippen molar-refractivity contribution in [1.29, 1.82) is 0 Å². The van der Waals surface area contributed by atoms with Crippen molar-refractivity contribution in [2.45, 2.75) is 288 Å². The van der Waals surface area contributed by atoms with Crippen molar-refractivity contribution >= 4 is 11.8 Å². The quantitative estimate of drug-likeness (QED) is 0.0294. The molecule has 0 aliphatic carbocycles. The van der Waals surface area contributed by atoms with E-state index in [2.05, 4.69) is 31.4 Å². The summed E-state index contributed by atoms with van der Waals surface area (Å²) in [6, 6.07) is -2.15. The second-order valence-electron chi connectivity index (χ2n) is 19.0. The van der Waals surface area contributed by atoms with Crippen LogP contribution in [-0.4, -0.2) is 99.5 Å². The van der Waals surface area contributed by atoms with E-state index in [1.807, 2.05) is 0 Å². The second kappa shape index (κ2) is 39.1. The summed E-state index contributed by atoms with van der Waals surface area (Å²) >= 11 is 0. The van der Waals surface area contributed by atoms with Gasteiger partial charge in [-0.1, -0.05) is 213 Å². The van der Waals surface area contributed by atoms with E-state index < -0.39 is 61.4 Å². The topological polar surface area (TPSA) is 178 Å². The molecule has 1 fully saturated rings. The van der Waals surface area contributed by atoms with Gasteiger partial charge in [0.25, 0.3) is 0 Å². The summed E-state index contributed by atoms with van der Waals surface area (Å²) in [5.74, 6) is 0.0454. The normalized spacial score (nSPS) is 20.8. The molecule has 1 heterocycles. The zero-order valence-electron chi connectivity index (χ0n) is 39.8. The van der Waals surface area contributed by atoms with Gasteiger partial charge in [-0.3, -0.25) is 9.59 Å². The Balaban J connectivity index is 2.45. The van der Waals surface area contributed by atoms with Gasteiger partial charge in [-0.15, -0.1) is 0 Å². The molecule has 0 spiro atoms. The number of ether oxygens (including phenoxy) is 2. The lowest BCUT2D eigenvalue weighted by molar-refractivity contribution is -0.272. The summed E-state index contributed by atoms with van der Waals surface area (Å²) in [7, 11) is 0. The number of carbonyl (C=O) groups is 2. The van der Waals surface area contributed by atoms with E-state index in [4.69, 9.17) is 9.47 Å². The highest BCUT2D eigenvalue weighted by Gasteiger charge is 2.46. The number of aliphatic hydroxyl groups excluding tert-OH is 5. The van der Waals surface area contributed by atoms with Gasteiger partial charge in [0.05, 0.1) is 25.4 Å². The van der Waals surface area contributed by atoms with Crippen LogP contribution in [0.4, 0.5) is 0 Å². The number of carbonyl (C=O) groups excluding carboxylic acids is 2. The Labute approximate surface area is 373 Å². The maximum absolute atomic E-state index is 13.2. The van der Waals surface area contributed by atoms with Crippen molar-refractivity contribution in [3.8, 4) is 0 Å². The number of unbranched alkanes of at least 4 members (excludes halogenated alkanes) is 28. The zero-order valence-corrected chi connectivity index (χ0v) is 39.8. The third kappa shape index (κ3) is 30.4. The fraction of sp³-hybridized carbons (Fsp3) is 0.960. The van der Waals surface area contributed by atoms with Crippen LogP contribution in [0.15, 0.2) is 0 Å². The van der Waals surface area contributed by atoms with Crippen molar-refractivity contribution in [3.63, 3.8) is 0 Å². The largest absolute Gasteiger partial charge is 0.394 e. The standard InChI is InChI=1S/C50H98N2O9/c1-5-6-7-8-9-10-11-12-13-14-15-16-17-18-19-20-25-28-31-34-37-45(56)52-42(39-60-50-46(51-41(4)54)49(59)48(58)44(38-53)61-50)47(57)43(55)36-33-30-27-24-22-21-23-26-29-32-35-40(2)3/h40,42-44,46-50,53,55,57-59H,5-39H2,1-4H3,(H,51,54)(H,52,56). The first kappa shape index (κ1) is 57.7. The minimum Gasteiger partial charge on any atom is -0.394 e. The molecule has 0 aromatic rings. The van der Waals surface area contributed by atoms with E-state index in [-0.39, 0.29) is 18.9 Å². The third-order valence-corrected chi connectivity index (χ3v) is 12.6. The summed E-state index contributed by atoms with van der Waals surface area (Å²) in [5.41, 5.74) is 0. The van der Waals surface area contributed by atoms with Crippen molar-refractivity contribution in [2.24, 2.45) is 5.92 Å². The monoisotopic (exact) mass is 871 g/mol. The average molecular weight is 871 g/mol. The summed E-state index contributed by atoms with van der Waals surface area (Å²) < 4.78 is 11.6. The van der Waals surface area contributed by atoms with Gasteiger partial charge in [0.15, 0.2) is 6.29 Å². The van der Waals surface area contributed by atoms with E-state index in [0.717, 1.165) is 50.9 Å². The first-order chi connectivity index (χ1) is 29.5. The number of hydrogen-bond donors (Lipinski definition) is 7. The van der Waals surface area contributed by atoms with Crippen LogP contribution < -0.4 is 10.6 Å². The molecule has 1 aliphatic rings. The summed E-state index contributed by atoms with van der Waals surface area (Å²) in [6.45, 7) is 7.21. The first-order valence-electron chi connectivity index (χ1n) is 25.7. The molecule has 7 N–H and O–H groups in total. The molecule has 0 radical (unpaired) electrons. The Morgan fingerprint density at radius 1 is 0.607 bits per heavy atom. The summed E-state index contributed by atoms with van der Waals surface area (Å²) in [4.78, 5) is 25.1. The number of nitrogens with one attached hydrogen (secondary N) is 2. The fourth-order valence-electron chi connectivity index (χ4n) is 8.62. The molecule has 0 aromatic heterocycles. The van der Waals surface area contributed by atoms with Crippen molar-refractivity contribution < 1.29 is 44.6 Å². The highest BCUT2D eigenvalue weighted by molar-refractivity contribution is 5.76. The van der Waals surface area contributed by atoms with Crippen molar-refractivity contribution in [3.05, 3.63) is 0 Å². The Kier molecular flexibility index (Phi) is 36.9. The predicted molar refractivity (Wildman–Crippen MR) is 248 cm³/mol. The lowest BCUT2D eigenvalue weighted by Gasteiger charge is -2.42. The van der Waals surface area contributed by atoms with Crippen LogP contribution >= 0.6 is 0 Å². The van der Waals surface area contributed by atoms with Crippen LogP contribution in [0, 0.1) is 5.92 Å². The van der Waals surface area contributed by atoms with E-state index in [9.17, 15) is 35.1 Å². The van der Waals surface area contributed by atoms with Crippen molar-refractivity contribution in [1.82, 2.24) is 10.6 Å². The molecule has 0 aromatic carbocycles. The van der Waals surface area contributed by atoms with Crippen LogP contribution in [0.5, 0.6) is 0 Å². The van der Waals surface area contributed by atoms with Crippen LogP contribution in [0.2, 0.25) is 0 Å². The second-order valence-corrected chi connectivity index (χ2v) is 19.0. The SMILES string of the molecule is CCCCCCCCCCCCCCCCCCCCCCC(=O)NC(COC1OC(CO)C(O)C(O)C1NC(C)=O)C(O)C(O)CCCCCCCCCCCCC(C)C. The molecule has 11 nitrogen and oxygen atoms in total. The zero-order chi connectivity index (χ0) is 44.9. The molecule has 1 saturated heterocycles. The molecular weight excluding hydrogens is 773 g/mol. The molecule has 2 amide bonds. The van der Waals surface area contributed by atoms with Gasteiger partial charge in [-0.2, -0.15) is 0 Å². The third-order valence-electron chi connectivity index (χ3n) is 12.6. The highest BCUT2D eigenvalue weighted by Crippen LogP contribution is 2.24. The Hall–Kier alpha value is -1.34. The minimum absolute atomic E-state index is 0.256. The van der Waals surface area contributed by atoms with Gasteiger partial charge < -0.3 is 45.6 Å². The van der Waals surface area contributed by atoms with E-state index >= 15 is 0 Å². The van der Waals surface area contributed by atoms with E-state index in [1.54, 1.807) is 0 Å². The minimum atomic E-state index is -1.49. The summed E-state index contributed by atoms with van der Waals surface area (Å²) in [6.07, 6.45) is 31.4. The van der Waals surface area contributed by atoms with Gasteiger partial charge in [-0.25, -0.2) is 0 Å². The van der Waals surface area contributed by atoms with Gasteiger partial charge in [0, 0.05) is 13.3 Å². The van der Waals surface area contributed by atoms with Crippen LogP contribution in [0.3, 0.4) is 0 Å². The highest BCUT2D eigenvalue weighted by atomic mass is 16.7. The number of amides is 2. The lowest BCUT2D eigenvalue weighted by Crippen LogP contribution is -2.65. The molecule has 362 valence electrons. The van der Waals surface area contributed by atoms with E-state index in [1.165, 1.54) is 155 Å². The Bertz CT molecular complexity index is 1020. The molecule has 0 bridgehead atoms. The van der Waals surface area contributed by atoms with Crippen LogP contribution in [-0.2, 0) is 19.1 Å². The predicted octanol–water partition coefficient (Wildman–Crippen LogP) is 9.70. The van der Waals surface area contributed by atoms with Gasteiger partial charge in [-0.05, 0) is 18.8 Å². The fourth-order valence-corrected chi connectivity index (χ4v) is 8.62. The molecule has 0 saturated carbocycles. The lowest BCUT2D eigenvalue weighted by atomic mass is 9.96. The first-order valence-corrected chi connectivity index (χ1v) is 25.7. The van der Waals surface area contributed by atoms with Crippen LogP contribution in [0.1, 0.15) is 240 Å². The summed E-state index contributed by atoms with van der Waals surface area (Å²) in [5, 5.41) is 58.6. The van der Waals surface area contributed by atoms with Gasteiger partial charge in [0.1, 0.15) is 30.5 Å². The number of hydrogen-bond acceptors (Lipinski definition) is 9. The van der Waals surface area contributed by atoms with Crippen LogP contribution in [0.25, 0.3) is 0 Å². The van der Waals surface area contributed by atoms with Crippen molar-refractivity contribution in [2.75, 3.05) is 13.2 Å². The van der Waals surface area contributed by atoms with Gasteiger partial charge >= 0.3 is 0 Å². The molecule has 61 heavy (non-hydrogen) atoms. The Morgan fingerprint density at radius 2 is 1.02 bits per heavy atom. The molecule has 8 unspecified atom stereocenters. The number of rotatable bonds is 42.